The maximum Gasteiger partial charge on any atom is 0.348 e. The summed E-state index contributed by atoms with van der Waals surface area (Å²) in [6, 6.07) is 6.14. The Morgan fingerprint density at radius 1 is 1.35 bits per heavy atom. The molecule has 0 bridgehead atoms. The Labute approximate surface area is 110 Å². The van der Waals surface area contributed by atoms with Gasteiger partial charge in [-0.2, -0.15) is 0 Å². The molecule has 1 heterocycles. The first-order valence-corrected chi connectivity index (χ1v) is 6.53. The van der Waals surface area contributed by atoms with Crippen molar-refractivity contribution in [2.75, 3.05) is 0 Å². The van der Waals surface area contributed by atoms with Crippen molar-refractivity contribution in [3.05, 3.63) is 57.4 Å². The van der Waals surface area contributed by atoms with Gasteiger partial charge in [-0.3, -0.25) is 4.57 Å². The van der Waals surface area contributed by atoms with Gasteiger partial charge in [0, 0.05) is 17.3 Å². The third kappa shape index (κ3) is 3.41. The summed E-state index contributed by atoms with van der Waals surface area (Å²) < 4.78 is 14.9. The highest BCUT2D eigenvalue weighted by Crippen LogP contribution is 2.19. The minimum atomic E-state index is -0.303. The van der Waals surface area contributed by atoms with Crippen LogP contribution >= 0.6 is 27.7 Å². The number of halogens is 2. The van der Waals surface area contributed by atoms with E-state index in [1.807, 2.05) is 0 Å². The zero-order chi connectivity index (χ0) is 12.3. The lowest BCUT2D eigenvalue weighted by Crippen LogP contribution is -2.20. The highest BCUT2D eigenvalue weighted by Gasteiger charge is 2.00. The van der Waals surface area contributed by atoms with Crippen molar-refractivity contribution in [1.29, 1.82) is 0 Å². The van der Waals surface area contributed by atoms with E-state index in [-0.39, 0.29) is 11.5 Å². The van der Waals surface area contributed by atoms with Gasteiger partial charge in [-0.05, 0) is 40.2 Å². The maximum absolute atomic E-state index is 12.7. The van der Waals surface area contributed by atoms with Crippen molar-refractivity contribution in [2.24, 2.45) is 0 Å². The monoisotopic (exact) mass is 314 g/mol. The van der Waals surface area contributed by atoms with Gasteiger partial charge in [-0.1, -0.05) is 0 Å². The number of thioether (sulfide) groups is 1. The summed E-state index contributed by atoms with van der Waals surface area (Å²) >= 11 is 4.69. The second-order valence-corrected chi connectivity index (χ2v) is 5.19. The lowest BCUT2D eigenvalue weighted by atomic mass is 10.4. The van der Waals surface area contributed by atoms with E-state index in [0.717, 1.165) is 9.37 Å². The molecule has 3 nitrogen and oxygen atoms in total. The Balaban J connectivity index is 2.09. The minimum absolute atomic E-state index is 0.268. The predicted molar refractivity (Wildman–Crippen MR) is 68.5 cm³/mol. The Morgan fingerprint density at radius 2 is 2.06 bits per heavy atom. The quantitative estimate of drug-likeness (QED) is 0.817. The number of aromatic nitrogens is 2. The predicted octanol–water partition coefficient (Wildman–Crippen LogP) is 2.89. The normalized spacial score (nSPS) is 10.5. The molecule has 0 aliphatic heterocycles. The fraction of sp³-hybridized carbons (Fsp3) is 0.0909. The summed E-state index contributed by atoms with van der Waals surface area (Å²) in [5.41, 5.74) is -0.303. The first kappa shape index (κ1) is 12.3. The van der Waals surface area contributed by atoms with Gasteiger partial charge >= 0.3 is 5.69 Å². The van der Waals surface area contributed by atoms with Gasteiger partial charge in [0.2, 0.25) is 0 Å². The van der Waals surface area contributed by atoms with Crippen molar-refractivity contribution in [1.82, 2.24) is 9.55 Å². The van der Waals surface area contributed by atoms with Crippen LogP contribution in [0.25, 0.3) is 0 Å². The number of nitrogens with zero attached hydrogens (tertiary/aromatic N) is 2. The van der Waals surface area contributed by atoms with E-state index in [1.165, 1.54) is 34.7 Å². The Morgan fingerprint density at radius 3 is 2.76 bits per heavy atom. The molecule has 0 saturated heterocycles. The number of hydrogen-bond donors (Lipinski definition) is 0. The van der Waals surface area contributed by atoms with Crippen LogP contribution in [0.2, 0.25) is 0 Å². The first-order chi connectivity index (χ1) is 8.15. The van der Waals surface area contributed by atoms with Crippen molar-refractivity contribution in [3.8, 4) is 0 Å². The summed E-state index contributed by atoms with van der Waals surface area (Å²) in [5.74, 6) is 0.173. The highest BCUT2D eigenvalue weighted by atomic mass is 79.9. The summed E-state index contributed by atoms with van der Waals surface area (Å²) in [5, 5.41) is 0. The largest absolute Gasteiger partial charge is 0.348 e. The van der Waals surface area contributed by atoms with Gasteiger partial charge < -0.3 is 0 Å². The lowest BCUT2D eigenvalue weighted by Gasteiger charge is -2.04. The van der Waals surface area contributed by atoms with Gasteiger partial charge in [0.05, 0.1) is 10.3 Å². The van der Waals surface area contributed by atoms with Crippen LogP contribution in [0.5, 0.6) is 0 Å². The molecule has 0 amide bonds. The van der Waals surface area contributed by atoms with Gasteiger partial charge in [-0.15, -0.1) is 11.8 Å². The van der Waals surface area contributed by atoms with E-state index >= 15 is 0 Å². The van der Waals surface area contributed by atoms with Crippen LogP contribution in [-0.2, 0) is 5.88 Å². The topological polar surface area (TPSA) is 34.9 Å². The van der Waals surface area contributed by atoms with Crippen molar-refractivity contribution in [2.45, 2.75) is 10.8 Å². The molecule has 88 valence electrons. The molecule has 0 saturated carbocycles. The van der Waals surface area contributed by atoms with Crippen LogP contribution in [-0.4, -0.2) is 9.55 Å². The maximum atomic E-state index is 12.7. The molecule has 0 radical (unpaired) electrons. The average molecular weight is 315 g/mol. The Bertz CT molecular complexity index is 570. The third-order valence-electron chi connectivity index (χ3n) is 2.01. The van der Waals surface area contributed by atoms with Crippen molar-refractivity contribution in [3.63, 3.8) is 0 Å². The van der Waals surface area contributed by atoms with Crippen LogP contribution in [0.3, 0.4) is 0 Å². The molecule has 2 aromatic rings. The molecule has 0 spiro atoms. The Kier molecular flexibility index (Phi) is 3.96. The molecular formula is C11H8BrFN2OS. The summed E-state index contributed by atoms with van der Waals surface area (Å²) in [4.78, 5) is 16.0. The number of rotatable bonds is 3. The van der Waals surface area contributed by atoms with Crippen LogP contribution < -0.4 is 5.69 Å². The molecule has 0 fully saturated rings. The van der Waals surface area contributed by atoms with Crippen LogP contribution in [0.1, 0.15) is 0 Å². The van der Waals surface area contributed by atoms with Gasteiger partial charge in [0.15, 0.2) is 0 Å². The van der Waals surface area contributed by atoms with Crippen molar-refractivity contribution < 1.29 is 4.39 Å². The molecule has 17 heavy (non-hydrogen) atoms. The summed E-state index contributed by atoms with van der Waals surface area (Å²) in [7, 11) is 0. The van der Waals surface area contributed by atoms with E-state index < -0.39 is 0 Å². The molecule has 6 heteroatoms. The fourth-order valence-corrected chi connectivity index (χ4v) is 2.35. The van der Waals surface area contributed by atoms with Crippen LogP contribution in [0, 0.1) is 5.82 Å². The second kappa shape index (κ2) is 5.46. The van der Waals surface area contributed by atoms with Crippen LogP contribution in [0.4, 0.5) is 4.39 Å². The zero-order valence-corrected chi connectivity index (χ0v) is 11.0. The molecule has 0 aliphatic rings. The zero-order valence-electron chi connectivity index (χ0n) is 8.64. The van der Waals surface area contributed by atoms with E-state index in [2.05, 4.69) is 20.9 Å². The Hall–Kier alpha value is -1.14. The molecule has 0 unspecified atom stereocenters. The molecule has 0 atom stereocenters. The highest BCUT2D eigenvalue weighted by molar-refractivity contribution is 9.10. The molecule has 0 aliphatic carbocycles. The molecule has 0 N–H and O–H groups in total. The number of benzene rings is 1. The van der Waals surface area contributed by atoms with E-state index in [9.17, 15) is 9.18 Å². The third-order valence-corrected chi connectivity index (χ3v) is 3.43. The molecular weight excluding hydrogens is 307 g/mol. The van der Waals surface area contributed by atoms with E-state index in [1.54, 1.807) is 18.3 Å². The summed E-state index contributed by atoms with van der Waals surface area (Å²) in [6.07, 6.45) is 3.13. The minimum Gasteiger partial charge on any atom is -0.288 e. The smallest absolute Gasteiger partial charge is 0.288 e. The van der Waals surface area contributed by atoms with Gasteiger partial charge in [0.1, 0.15) is 5.82 Å². The SMILES string of the molecule is O=c1ncc(Br)cn1CSc1ccc(F)cc1. The van der Waals surface area contributed by atoms with Crippen LogP contribution in [0.15, 0.2) is 50.8 Å². The van der Waals surface area contributed by atoms with E-state index in [4.69, 9.17) is 0 Å². The van der Waals surface area contributed by atoms with E-state index in [0.29, 0.717) is 5.88 Å². The van der Waals surface area contributed by atoms with Gasteiger partial charge in [-0.25, -0.2) is 14.2 Å². The second-order valence-electron chi connectivity index (χ2n) is 3.25. The van der Waals surface area contributed by atoms with Gasteiger partial charge in [0.25, 0.3) is 0 Å². The standard InChI is InChI=1S/C11H8BrFN2OS/c12-8-5-14-11(16)15(6-8)7-17-10-3-1-9(13)2-4-10/h1-6H,7H2. The summed E-state index contributed by atoms with van der Waals surface area (Å²) in [6.45, 7) is 0. The average Bonchev–Trinajstić information content (AvgIpc) is 2.32. The fourth-order valence-electron chi connectivity index (χ4n) is 1.20. The number of hydrogen-bond acceptors (Lipinski definition) is 3. The first-order valence-electron chi connectivity index (χ1n) is 4.75. The lowest BCUT2D eigenvalue weighted by molar-refractivity contribution is 0.626. The molecule has 1 aromatic heterocycles. The van der Waals surface area contributed by atoms with Crippen molar-refractivity contribution >= 4 is 27.7 Å². The molecule has 1 aromatic carbocycles. The molecule has 2 rings (SSSR count).